The Bertz CT molecular complexity index is 1280. The summed E-state index contributed by atoms with van der Waals surface area (Å²) in [4.78, 5) is 74.1. The van der Waals surface area contributed by atoms with Gasteiger partial charge in [-0.05, 0) is 80.6 Å². The maximum Gasteiger partial charge on any atom is 0.325 e. The molecule has 0 aromatic carbocycles. The largest absolute Gasteiger partial charge is 0.480 e. The van der Waals surface area contributed by atoms with Gasteiger partial charge in [-0.1, -0.05) is 33.3 Å². The van der Waals surface area contributed by atoms with Crippen molar-refractivity contribution in [3.8, 4) is 0 Å². The van der Waals surface area contributed by atoms with Crippen molar-refractivity contribution in [2.45, 2.75) is 116 Å². The lowest BCUT2D eigenvalue weighted by atomic mass is 9.45. The average molecular weight is 633 g/mol. The molecule has 0 saturated heterocycles. The summed E-state index contributed by atoms with van der Waals surface area (Å²) in [5.74, 6) is -4.17. The second kappa shape index (κ2) is 12.9. The number of esters is 1. The van der Waals surface area contributed by atoms with Crippen LogP contribution in [0, 0.1) is 34.5 Å². The number of carbonyl (C=O) groups is 6. The number of hydrogen-bond acceptors (Lipinski definition) is 9. The number of aliphatic carboxylic acids is 1. The van der Waals surface area contributed by atoms with Gasteiger partial charge in [-0.2, -0.15) is 0 Å². The van der Waals surface area contributed by atoms with E-state index < -0.39 is 65.3 Å². The second-order valence-corrected chi connectivity index (χ2v) is 14.4. The zero-order chi connectivity index (χ0) is 33.5. The smallest absolute Gasteiger partial charge is 0.325 e. The highest BCUT2D eigenvalue weighted by Gasteiger charge is 2.68. The first-order chi connectivity index (χ1) is 20.9. The molecule has 0 aromatic rings. The second-order valence-electron chi connectivity index (χ2n) is 14.4. The van der Waals surface area contributed by atoms with Crippen molar-refractivity contribution in [2.75, 3.05) is 6.61 Å². The molecule has 12 nitrogen and oxygen atoms in total. The molecular weight excluding hydrogens is 584 g/mol. The molecule has 0 aliphatic heterocycles. The number of rotatable bonds is 11. The molecule has 9 unspecified atom stereocenters. The molecule has 2 amide bonds. The molecule has 4 aliphatic rings. The van der Waals surface area contributed by atoms with Crippen molar-refractivity contribution >= 4 is 35.3 Å². The van der Waals surface area contributed by atoms with Crippen LogP contribution in [0.2, 0.25) is 0 Å². The summed E-state index contributed by atoms with van der Waals surface area (Å²) in [5.41, 5.74) is -1.89. The van der Waals surface area contributed by atoms with Crippen molar-refractivity contribution < 1.29 is 48.8 Å². The van der Waals surface area contributed by atoms with E-state index >= 15 is 0 Å². The van der Waals surface area contributed by atoms with Crippen molar-refractivity contribution in [3.05, 3.63) is 11.6 Å². The number of aliphatic hydroxyl groups excluding tert-OH is 1. The Morgan fingerprint density at radius 2 is 1.71 bits per heavy atom. The Labute approximate surface area is 263 Å². The van der Waals surface area contributed by atoms with E-state index in [4.69, 9.17) is 9.84 Å². The number of ether oxygens (including phenoxy) is 1. The third kappa shape index (κ3) is 6.45. The number of allylic oxidation sites excluding steroid dienone is 1. The summed E-state index contributed by atoms with van der Waals surface area (Å²) in [6.07, 6.45) is 3.99. The molecule has 5 N–H and O–H groups in total. The summed E-state index contributed by atoms with van der Waals surface area (Å²) in [5, 5.41) is 37.2. The molecule has 0 radical (unpaired) electrons. The van der Waals surface area contributed by atoms with Crippen LogP contribution in [0.3, 0.4) is 0 Å². The van der Waals surface area contributed by atoms with Gasteiger partial charge in [0.2, 0.25) is 17.6 Å². The quantitative estimate of drug-likeness (QED) is 0.210. The number of ketones is 2. The highest BCUT2D eigenvalue weighted by molar-refractivity contribution is 5.93. The molecule has 3 saturated carbocycles. The summed E-state index contributed by atoms with van der Waals surface area (Å²) in [6.45, 7) is 7.99. The van der Waals surface area contributed by atoms with Gasteiger partial charge in [0.1, 0.15) is 17.7 Å². The average Bonchev–Trinajstić information content (AvgIpc) is 3.23. The van der Waals surface area contributed by atoms with E-state index in [2.05, 4.69) is 17.6 Å². The Hall–Kier alpha value is -3.12. The number of carboxylic acids is 1. The number of Topliss-reactive ketones (excluding diaryl/α,β-unsaturated/α-hetero) is 1. The first-order valence-corrected chi connectivity index (χ1v) is 16.1. The van der Waals surface area contributed by atoms with Crippen LogP contribution in [0.25, 0.3) is 0 Å². The highest BCUT2D eigenvalue weighted by atomic mass is 16.5. The van der Waals surface area contributed by atoms with Gasteiger partial charge in [0.25, 0.3) is 0 Å². The predicted molar refractivity (Wildman–Crippen MR) is 160 cm³/mol. The molecule has 12 heteroatoms. The molecule has 3 fully saturated rings. The Balaban J connectivity index is 1.33. The highest BCUT2D eigenvalue weighted by Crippen LogP contribution is 2.67. The SMILES string of the molecule is CC(NC(=O)C(NC(=O)CCC(=O)OCC(=O)C1(O)CCC2C3CCC4=CC(=O)CCC4(C)C3C(O)CC21C)C(C)C)C(=O)O. The third-order valence-corrected chi connectivity index (χ3v) is 11.4. The van der Waals surface area contributed by atoms with Crippen LogP contribution >= 0.6 is 0 Å². The fourth-order valence-electron chi connectivity index (χ4n) is 8.85. The number of carboxylic acid groups (broad SMARTS) is 1. The van der Waals surface area contributed by atoms with Crippen LogP contribution in [0.5, 0.6) is 0 Å². The van der Waals surface area contributed by atoms with Crippen LogP contribution in [0.4, 0.5) is 0 Å². The van der Waals surface area contributed by atoms with Crippen LogP contribution in [0.1, 0.15) is 92.4 Å². The first-order valence-electron chi connectivity index (χ1n) is 16.1. The van der Waals surface area contributed by atoms with Crippen LogP contribution in [-0.2, 0) is 33.5 Å². The van der Waals surface area contributed by atoms with Crippen LogP contribution in [0.15, 0.2) is 11.6 Å². The molecule has 4 rings (SSSR count). The minimum atomic E-state index is -1.79. The topological polar surface area (TPSA) is 196 Å². The number of aliphatic hydroxyl groups is 2. The Morgan fingerprint density at radius 1 is 1.02 bits per heavy atom. The van der Waals surface area contributed by atoms with Gasteiger partial charge in [0, 0.05) is 18.3 Å². The van der Waals surface area contributed by atoms with E-state index in [1.807, 2.05) is 6.92 Å². The standard InChI is InChI=1S/C33H48N2O10/c1-17(2)28(29(41)34-18(3)30(42)43)35-25(39)8-9-26(40)45-16-24(38)33(44)13-11-22-21-7-6-19-14-20(36)10-12-31(19,4)27(21)23(37)15-32(22,33)5/h14,17-18,21-23,27-28,37,44H,6-13,15-16H2,1-5H3,(H,34,41)(H,35,39)(H,42,43). The summed E-state index contributed by atoms with van der Waals surface area (Å²) < 4.78 is 5.19. The fraction of sp³-hybridized carbons (Fsp3) is 0.758. The van der Waals surface area contributed by atoms with Crippen molar-refractivity contribution in [2.24, 2.45) is 34.5 Å². The third-order valence-electron chi connectivity index (χ3n) is 11.4. The van der Waals surface area contributed by atoms with E-state index in [0.717, 1.165) is 18.4 Å². The van der Waals surface area contributed by atoms with Crippen molar-refractivity contribution in [3.63, 3.8) is 0 Å². The predicted octanol–water partition coefficient (Wildman–Crippen LogP) is 1.84. The van der Waals surface area contributed by atoms with E-state index in [1.54, 1.807) is 19.9 Å². The van der Waals surface area contributed by atoms with Gasteiger partial charge in [0.15, 0.2) is 12.4 Å². The fourth-order valence-corrected chi connectivity index (χ4v) is 8.85. The van der Waals surface area contributed by atoms with Gasteiger partial charge in [-0.15, -0.1) is 0 Å². The van der Waals surface area contributed by atoms with Gasteiger partial charge < -0.3 is 30.7 Å². The number of amides is 2. The lowest BCUT2D eigenvalue weighted by Gasteiger charge is -2.60. The number of fused-ring (bicyclic) bond motifs is 5. The molecule has 0 spiro atoms. The van der Waals surface area contributed by atoms with Crippen molar-refractivity contribution in [1.29, 1.82) is 0 Å². The Morgan fingerprint density at radius 3 is 2.36 bits per heavy atom. The van der Waals surface area contributed by atoms with Crippen LogP contribution in [-0.4, -0.2) is 81.0 Å². The molecule has 9 atom stereocenters. The van der Waals surface area contributed by atoms with Gasteiger partial charge in [-0.25, -0.2) is 0 Å². The van der Waals surface area contributed by atoms with Gasteiger partial charge >= 0.3 is 11.9 Å². The summed E-state index contributed by atoms with van der Waals surface area (Å²) in [7, 11) is 0. The summed E-state index contributed by atoms with van der Waals surface area (Å²) >= 11 is 0. The molecule has 4 aliphatic carbocycles. The first kappa shape index (κ1) is 34.7. The molecule has 45 heavy (non-hydrogen) atoms. The normalized spacial score (nSPS) is 35.2. The lowest BCUT2D eigenvalue weighted by molar-refractivity contribution is -0.184. The molecule has 0 aromatic heterocycles. The van der Waals surface area contributed by atoms with Crippen molar-refractivity contribution in [1.82, 2.24) is 10.6 Å². The maximum absolute atomic E-state index is 13.5. The summed E-state index contributed by atoms with van der Waals surface area (Å²) in [6, 6.07) is -2.16. The van der Waals surface area contributed by atoms with Crippen LogP contribution < -0.4 is 10.6 Å². The zero-order valence-corrected chi connectivity index (χ0v) is 26.9. The number of carbonyl (C=O) groups excluding carboxylic acids is 5. The van der Waals surface area contributed by atoms with E-state index in [0.29, 0.717) is 19.3 Å². The molecule has 0 bridgehead atoms. The Kier molecular flexibility index (Phi) is 9.99. The minimum Gasteiger partial charge on any atom is -0.480 e. The van der Waals surface area contributed by atoms with E-state index in [1.165, 1.54) is 6.92 Å². The minimum absolute atomic E-state index is 0.0140. The maximum atomic E-state index is 13.5. The molecule has 0 heterocycles. The lowest BCUT2D eigenvalue weighted by Crippen LogP contribution is -2.62. The van der Waals surface area contributed by atoms with Gasteiger partial charge in [-0.3, -0.25) is 28.8 Å². The number of nitrogens with one attached hydrogen (secondary N) is 2. The molecular formula is C33H48N2O10. The van der Waals surface area contributed by atoms with E-state index in [9.17, 15) is 39.0 Å². The van der Waals surface area contributed by atoms with E-state index in [-0.39, 0.29) is 60.6 Å². The zero-order valence-electron chi connectivity index (χ0n) is 26.9. The molecule has 250 valence electrons. The van der Waals surface area contributed by atoms with Gasteiger partial charge in [0.05, 0.1) is 12.5 Å². The number of hydrogen-bond donors (Lipinski definition) is 5. The monoisotopic (exact) mass is 632 g/mol.